The number of nitrogens with two attached hydrogens (primary N) is 1. The van der Waals surface area contributed by atoms with Crippen LogP contribution in [0.5, 0.6) is 5.75 Å². The summed E-state index contributed by atoms with van der Waals surface area (Å²) >= 11 is 0. The van der Waals surface area contributed by atoms with Crippen molar-refractivity contribution in [3.8, 4) is 5.75 Å². The van der Waals surface area contributed by atoms with Crippen LogP contribution < -0.4 is 47.1 Å². The van der Waals surface area contributed by atoms with Crippen molar-refractivity contribution in [3.63, 3.8) is 0 Å². The molecule has 400 valence electrons. The van der Waals surface area contributed by atoms with Gasteiger partial charge < -0.3 is 47.1 Å². The fraction of sp³-hybridized carbons (Fsp3) is 0.592. The van der Waals surface area contributed by atoms with Crippen molar-refractivity contribution in [2.75, 3.05) is 26.2 Å². The predicted octanol–water partition coefficient (Wildman–Crippen LogP) is 2.51. The zero-order valence-corrected chi connectivity index (χ0v) is 43.9. The number of unbranched alkanes of at least 4 members (excludes halogenated alkanes) is 2. The quantitative estimate of drug-likeness (QED) is 0.0180. The van der Waals surface area contributed by atoms with E-state index in [1.165, 1.54) is 0 Å². The van der Waals surface area contributed by atoms with E-state index in [4.69, 9.17) is 20.7 Å². The number of hydrogen-bond donors (Lipinski definition) is 8. The molecule has 1 saturated heterocycles. The molecule has 73 heavy (non-hydrogen) atoms. The van der Waals surface area contributed by atoms with Gasteiger partial charge in [-0.15, -0.1) is 0 Å². The summed E-state index contributed by atoms with van der Waals surface area (Å²) in [5, 5.41) is 19.3. The number of rotatable bonds is 20. The van der Waals surface area contributed by atoms with Gasteiger partial charge in [0.25, 0.3) is 10.0 Å². The number of guanidine groups is 1. The van der Waals surface area contributed by atoms with Gasteiger partial charge in [-0.1, -0.05) is 35.4 Å². The predicted molar refractivity (Wildman–Crippen MR) is 271 cm³/mol. The van der Waals surface area contributed by atoms with Crippen molar-refractivity contribution in [3.05, 3.63) is 68.6 Å². The van der Waals surface area contributed by atoms with Crippen molar-refractivity contribution in [2.24, 2.45) is 15.8 Å². The first-order chi connectivity index (χ1) is 34.3. The molecule has 2 aromatic carbocycles. The van der Waals surface area contributed by atoms with Crippen LogP contribution in [0.15, 0.2) is 45.3 Å². The number of azide groups is 1. The topological polar surface area (TPSA) is 343 Å². The molecule has 0 radical (unpaired) electrons. The highest BCUT2D eigenvalue weighted by molar-refractivity contribution is 7.90. The van der Waals surface area contributed by atoms with E-state index in [2.05, 4.69) is 51.6 Å². The minimum absolute atomic E-state index is 0.0235. The lowest BCUT2D eigenvalue weighted by molar-refractivity contribution is -0.156. The SMILES string of the molecule is Cc1c(C)c(S(=O)(=O)NC(N)=NCCC[C@@H]2NC(=O)[C@H](CCCCNC(=O)CCCCN=[N+]=[N-])NC(=O)[C@@H](Cc3ccccc3)NC(=O)[C@H](CC(=O)OC(C)(C)C)NC(=O)CNC2=O)c(C)c2c1OC(C)(C)C2. The highest BCUT2D eigenvalue weighted by atomic mass is 32.2. The Morgan fingerprint density at radius 2 is 1.47 bits per heavy atom. The normalized spacial score (nSPS) is 19.7. The van der Waals surface area contributed by atoms with Gasteiger partial charge in [0.05, 0.1) is 17.9 Å². The Morgan fingerprint density at radius 3 is 2.14 bits per heavy atom. The second-order valence-corrected chi connectivity index (χ2v) is 21.4. The molecule has 2 aromatic rings. The third-order valence-corrected chi connectivity index (χ3v) is 13.6. The number of amides is 6. The zero-order chi connectivity index (χ0) is 54.1. The monoisotopic (exact) mass is 1040 g/mol. The molecule has 0 aliphatic carbocycles. The molecule has 6 amide bonds. The molecule has 4 atom stereocenters. The molecule has 1 fully saturated rings. The van der Waals surface area contributed by atoms with E-state index in [1.807, 2.05) is 13.8 Å². The van der Waals surface area contributed by atoms with Crippen molar-refractivity contribution in [1.29, 1.82) is 0 Å². The smallest absolute Gasteiger partial charge is 0.308 e. The number of sulfonamides is 1. The van der Waals surface area contributed by atoms with E-state index in [0.29, 0.717) is 60.1 Å². The van der Waals surface area contributed by atoms with Gasteiger partial charge in [-0.25, -0.2) is 13.1 Å². The standard InChI is InChI=1S/C49H72N12O11S/c1-29-30(2)42(31(3)33-27-49(7,8)72-41(29)33)73(69,70)60-47(50)53-23-16-20-34-43(65)54-28-39(63)56-37(26-40(64)71-48(4,5)6)46(68)59-36(25-32-17-10-9-11-18-32)45(67)58-35(44(66)57-34)19-12-14-22-52-38(62)21-13-15-24-55-61-51/h9-11,17-18,34-37H,12-16,19-28H2,1-8H3,(H,52,62)(H,54,65)(H,56,63)(H,57,66)(H,58,67)(H,59,68)(H3,50,53,60)/t34-,35-,36+,37-/m0/s1. The van der Waals surface area contributed by atoms with Crippen molar-refractivity contribution >= 4 is 57.4 Å². The minimum Gasteiger partial charge on any atom is -0.487 e. The van der Waals surface area contributed by atoms with Crippen LogP contribution in [0.25, 0.3) is 10.4 Å². The molecule has 24 heteroatoms. The molecule has 0 aromatic heterocycles. The second kappa shape index (κ2) is 26.7. The number of benzene rings is 2. The van der Waals surface area contributed by atoms with Crippen LogP contribution in [-0.4, -0.2) is 117 Å². The summed E-state index contributed by atoms with van der Waals surface area (Å²) in [4.78, 5) is 102. The first-order valence-corrected chi connectivity index (χ1v) is 25.9. The molecule has 0 spiro atoms. The number of fused-ring (bicyclic) bond motifs is 1. The summed E-state index contributed by atoms with van der Waals surface area (Å²) < 4.78 is 41.5. The lowest BCUT2D eigenvalue weighted by Crippen LogP contribution is -2.58. The van der Waals surface area contributed by atoms with E-state index in [1.54, 1.807) is 71.9 Å². The lowest BCUT2D eigenvalue weighted by Gasteiger charge is -2.26. The summed E-state index contributed by atoms with van der Waals surface area (Å²) in [5.74, 6) is -4.94. The lowest BCUT2D eigenvalue weighted by atomic mass is 9.94. The van der Waals surface area contributed by atoms with Gasteiger partial charge in [0, 0.05) is 49.4 Å². The zero-order valence-electron chi connectivity index (χ0n) is 43.1. The minimum atomic E-state index is -4.23. The Morgan fingerprint density at radius 1 is 0.836 bits per heavy atom. The molecule has 23 nitrogen and oxygen atoms in total. The molecule has 2 aliphatic heterocycles. The van der Waals surface area contributed by atoms with Crippen LogP contribution >= 0.6 is 0 Å². The van der Waals surface area contributed by atoms with Crippen LogP contribution in [0.1, 0.15) is 120 Å². The maximum Gasteiger partial charge on any atom is 0.308 e. The first kappa shape index (κ1) is 58.6. The Hall–Kier alpha value is -6.94. The van der Waals surface area contributed by atoms with Gasteiger partial charge in [0.2, 0.25) is 41.4 Å². The summed E-state index contributed by atoms with van der Waals surface area (Å²) in [6.07, 6.45) is 1.78. The third kappa shape index (κ3) is 18.6. The van der Waals surface area contributed by atoms with Gasteiger partial charge in [-0.3, -0.25) is 38.6 Å². The number of carbonyl (C=O) groups is 7. The van der Waals surface area contributed by atoms with Crippen molar-refractivity contribution in [1.82, 2.24) is 36.6 Å². The average molecular weight is 1040 g/mol. The van der Waals surface area contributed by atoms with Crippen molar-refractivity contribution < 1.29 is 51.5 Å². The number of esters is 1. The van der Waals surface area contributed by atoms with Gasteiger partial charge >= 0.3 is 5.97 Å². The molecule has 0 saturated carbocycles. The molecular weight excluding hydrogens is 965 g/mol. The van der Waals surface area contributed by atoms with E-state index < -0.39 is 99.8 Å². The Kier molecular flexibility index (Phi) is 21.4. The molecule has 2 heterocycles. The van der Waals surface area contributed by atoms with Gasteiger partial charge in [-0.05, 0) is 128 Å². The Labute approximate surface area is 426 Å². The number of nitrogens with zero attached hydrogens (tertiary/aromatic N) is 4. The van der Waals surface area contributed by atoms with Crippen LogP contribution in [-0.2, 0) is 61.2 Å². The number of ether oxygens (including phenoxy) is 2. The van der Waals surface area contributed by atoms with E-state index in [0.717, 1.165) is 5.56 Å². The second-order valence-electron chi connectivity index (χ2n) is 19.8. The molecule has 0 bridgehead atoms. The van der Waals surface area contributed by atoms with Crippen LogP contribution in [0.2, 0.25) is 0 Å². The van der Waals surface area contributed by atoms with E-state index in [-0.39, 0.29) is 62.5 Å². The first-order valence-electron chi connectivity index (χ1n) is 24.5. The highest BCUT2D eigenvalue weighted by Gasteiger charge is 2.38. The van der Waals surface area contributed by atoms with Gasteiger partial charge in [0.15, 0.2) is 0 Å². The molecule has 0 unspecified atom stereocenters. The maximum absolute atomic E-state index is 14.3. The third-order valence-electron chi connectivity index (χ3n) is 12.0. The number of nitrogens with one attached hydrogen (secondary N) is 7. The van der Waals surface area contributed by atoms with Crippen LogP contribution in [0, 0.1) is 20.8 Å². The molecule has 9 N–H and O–H groups in total. The average Bonchev–Trinajstić information content (AvgIpc) is 3.64. The summed E-state index contributed by atoms with van der Waals surface area (Å²) in [6, 6.07) is 3.21. The summed E-state index contributed by atoms with van der Waals surface area (Å²) in [5.41, 5.74) is 16.3. The Bertz CT molecular complexity index is 2540. The van der Waals surface area contributed by atoms with E-state index in [9.17, 15) is 42.0 Å². The summed E-state index contributed by atoms with van der Waals surface area (Å²) in [7, 11) is -4.23. The molecule has 4 rings (SSSR count). The summed E-state index contributed by atoms with van der Waals surface area (Å²) in [6.45, 7) is 13.7. The number of carbonyl (C=O) groups excluding carboxylic acids is 7. The van der Waals surface area contributed by atoms with Gasteiger partial charge in [-0.2, -0.15) is 0 Å². The van der Waals surface area contributed by atoms with Crippen LogP contribution in [0.4, 0.5) is 0 Å². The molecular formula is C49H72N12O11S. The fourth-order valence-electron chi connectivity index (χ4n) is 8.37. The van der Waals surface area contributed by atoms with Gasteiger partial charge in [0.1, 0.15) is 41.1 Å². The highest BCUT2D eigenvalue weighted by Crippen LogP contribution is 2.43. The number of hydrogen-bond acceptors (Lipinski definition) is 13. The van der Waals surface area contributed by atoms with E-state index >= 15 is 0 Å². The number of aliphatic imine (C=N–C) groups is 1. The largest absolute Gasteiger partial charge is 0.487 e. The fourth-order valence-corrected chi connectivity index (χ4v) is 9.90. The molecule has 2 aliphatic rings. The Balaban J connectivity index is 1.58. The maximum atomic E-state index is 14.3. The van der Waals surface area contributed by atoms with Crippen LogP contribution in [0.3, 0.4) is 0 Å². The van der Waals surface area contributed by atoms with Crippen molar-refractivity contribution in [2.45, 2.75) is 166 Å².